The number of benzene rings is 1. The number of nitrogens with one attached hydrogen (secondary N) is 1. The molecule has 2 aromatic rings. The largest absolute Gasteiger partial charge is 0.349 e. The summed E-state index contributed by atoms with van der Waals surface area (Å²) in [6, 6.07) is 10.0. The summed E-state index contributed by atoms with van der Waals surface area (Å²) in [6.45, 7) is 4.76. The molecule has 2 unspecified atom stereocenters. The minimum absolute atomic E-state index is 0.0840. The molecule has 1 amide bonds. The number of amides is 1. The van der Waals surface area contributed by atoms with Gasteiger partial charge in [-0.25, -0.2) is 4.98 Å². The molecule has 2 atom stereocenters. The second-order valence-electron chi connectivity index (χ2n) is 4.92. The van der Waals surface area contributed by atoms with Crippen molar-refractivity contribution in [3.05, 3.63) is 52.5 Å². The van der Waals surface area contributed by atoms with Crippen LogP contribution in [0.5, 0.6) is 0 Å². The molecular formula is C16H20N2OS. The molecule has 0 radical (unpaired) electrons. The number of hydrogen-bond acceptors (Lipinski definition) is 3. The van der Waals surface area contributed by atoms with E-state index >= 15 is 0 Å². The second-order valence-corrected chi connectivity index (χ2v) is 5.90. The van der Waals surface area contributed by atoms with E-state index in [2.05, 4.69) is 24.1 Å². The first-order valence-corrected chi connectivity index (χ1v) is 7.81. The highest BCUT2D eigenvalue weighted by Crippen LogP contribution is 2.27. The van der Waals surface area contributed by atoms with E-state index in [0.29, 0.717) is 12.5 Å². The van der Waals surface area contributed by atoms with Crippen LogP contribution < -0.4 is 5.32 Å². The predicted octanol–water partition coefficient (Wildman–Crippen LogP) is 3.59. The van der Waals surface area contributed by atoms with Crippen molar-refractivity contribution in [1.82, 2.24) is 10.3 Å². The first kappa shape index (κ1) is 14.7. The smallest absolute Gasteiger partial charge is 0.228 e. The SMILES string of the molecule is CCC(C)C(C(=O)NCc1nccs1)c1ccccc1. The normalized spacial score (nSPS) is 13.7. The summed E-state index contributed by atoms with van der Waals surface area (Å²) < 4.78 is 0. The zero-order chi connectivity index (χ0) is 14.4. The number of thiazole rings is 1. The van der Waals surface area contributed by atoms with Gasteiger partial charge >= 0.3 is 0 Å². The molecule has 0 saturated heterocycles. The van der Waals surface area contributed by atoms with E-state index < -0.39 is 0 Å². The van der Waals surface area contributed by atoms with Crippen molar-refractivity contribution in [2.75, 3.05) is 0 Å². The van der Waals surface area contributed by atoms with Gasteiger partial charge in [-0.1, -0.05) is 50.6 Å². The van der Waals surface area contributed by atoms with E-state index in [1.807, 2.05) is 35.7 Å². The number of rotatable bonds is 6. The molecule has 0 aliphatic heterocycles. The fraction of sp³-hybridized carbons (Fsp3) is 0.375. The molecule has 0 aliphatic carbocycles. The third-order valence-corrected chi connectivity index (χ3v) is 4.33. The van der Waals surface area contributed by atoms with E-state index in [9.17, 15) is 4.79 Å². The van der Waals surface area contributed by atoms with E-state index in [-0.39, 0.29) is 11.8 Å². The van der Waals surface area contributed by atoms with Crippen molar-refractivity contribution >= 4 is 17.2 Å². The fourth-order valence-corrected chi connectivity index (χ4v) is 2.80. The summed E-state index contributed by atoms with van der Waals surface area (Å²) in [4.78, 5) is 16.7. The molecule has 1 aromatic heterocycles. The zero-order valence-electron chi connectivity index (χ0n) is 11.9. The molecule has 1 aromatic carbocycles. The Hall–Kier alpha value is -1.68. The Kier molecular flexibility index (Phi) is 5.30. The number of nitrogens with zero attached hydrogens (tertiary/aromatic N) is 1. The lowest BCUT2D eigenvalue weighted by Crippen LogP contribution is -2.32. The van der Waals surface area contributed by atoms with Gasteiger partial charge in [-0.2, -0.15) is 0 Å². The summed E-state index contributed by atoms with van der Waals surface area (Å²) >= 11 is 1.56. The van der Waals surface area contributed by atoms with Crippen molar-refractivity contribution in [3.63, 3.8) is 0 Å². The molecule has 2 rings (SSSR count). The molecule has 3 nitrogen and oxygen atoms in total. The Morgan fingerprint density at radius 3 is 2.70 bits per heavy atom. The van der Waals surface area contributed by atoms with Crippen LogP contribution in [-0.4, -0.2) is 10.9 Å². The van der Waals surface area contributed by atoms with Gasteiger partial charge in [0.05, 0.1) is 12.5 Å². The van der Waals surface area contributed by atoms with Crippen LogP contribution in [0.1, 0.15) is 36.8 Å². The van der Waals surface area contributed by atoms with Gasteiger partial charge in [0.2, 0.25) is 5.91 Å². The molecule has 20 heavy (non-hydrogen) atoms. The maximum atomic E-state index is 12.5. The lowest BCUT2D eigenvalue weighted by molar-refractivity contribution is -0.123. The third-order valence-electron chi connectivity index (χ3n) is 3.55. The van der Waals surface area contributed by atoms with Gasteiger partial charge in [0.25, 0.3) is 0 Å². The number of hydrogen-bond donors (Lipinski definition) is 1. The van der Waals surface area contributed by atoms with Crippen LogP contribution in [0.4, 0.5) is 0 Å². The monoisotopic (exact) mass is 288 g/mol. The molecule has 0 aliphatic rings. The molecule has 0 spiro atoms. The van der Waals surface area contributed by atoms with Crippen molar-refractivity contribution in [2.24, 2.45) is 5.92 Å². The lowest BCUT2D eigenvalue weighted by atomic mass is 9.85. The topological polar surface area (TPSA) is 42.0 Å². The molecular weight excluding hydrogens is 268 g/mol. The van der Waals surface area contributed by atoms with E-state index in [0.717, 1.165) is 17.0 Å². The Balaban J connectivity index is 2.08. The van der Waals surface area contributed by atoms with Gasteiger partial charge < -0.3 is 5.32 Å². The second kappa shape index (κ2) is 7.20. The Labute approximate surface area is 124 Å². The van der Waals surface area contributed by atoms with Gasteiger partial charge in [0, 0.05) is 11.6 Å². The van der Waals surface area contributed by atoms with Crippen molar-refractivity contribution in [3.8, 4) is 0 Å². The first-order chi connectivity index (χ1) is 9.72. The Bertz CT molecular complexity index is 525. The first-order valence-electron chi connectivity index (χ1n) is 6.93. The van der Waals surface area contributed by atoms with Gasteiger partial charge in [-0.15, -0.1) is 11.3 Å². The van der Waals surface area contributed by atoms with Crippen molar-refractivity contribution in [2.45, 2.75) is 32.7 Å². The number of carbonyl (C=O) groups excluding carboxylic acids is 1. The van der Waals surface area contributed by atoms with Crippen LogP contribution in [0.2, 0.25) is 0 Å². The highest BCUT2D eigenvalue weighted by molar-refractivity contribution is 7.09. The van der Waals surface area contributed by atoms with Crippen LogP contribution in [-0.2, 0) is 11.3 Å². The zero-order valence-corrected chi connectivity index (χ0v) is 12.7. The van der Waals surface area contributed by atoms with Crippen molar-refractivity contribution in [1.29, 1.82) is 0 Å². The Morgan fingerprint density at radius 1 is 1.35 bits per heavy atom. The van der Waals surface area contributed by atoms with Crippen LogP contribution in [0, 0.1) is 5.92 Å². The van der Waals surface area contributed by atoms with Gasteiger partial charge in [-0.05, 0) is 11.5 Å². The lowest BCUT2D eigenvalue weighted by Gasteiger charge is -2.22. The minimum atomic E-state index is -0.0961. The van der Waals surface area contributed by atoms with Gasteiger partial charge in [-0.3, -0.25) is 4.79 Å². The molecule has 4 heteroatoms. The summed E-state index contributed by atoms with van der Waals surface area (Å²) in [5.74, 6) is 0.301. The maximum absolute atomic E-state index is 12.5. The van der Waals surface area contributed by atoms with E-state index in [4.69, 9.17) is 0 Å². The van der Waals surface area contributed by atoms with Gasteiger partial charge in [0.15, 0.2) is 0 Å². The number of aromatic nitrogens is 1. The molecule has 1 heterocycles. The van der Waals surface area contributed by atoms with E-state index in [1.165, 1.54) is 0 Å². The highest BCUT2D eigenvalue weighted by atomic mass is 32.1. The minimum Gasteiger partial charge on any atom is -0.349 e. The molecule has 0 saturated carbocycles. The summed E-state index contributed by atoms with van der Waals surface area (Å²) in [5, 5.41) is 5.87. The summed E-state index contributed by atoms with van der Waals surface area (Å²) in [7, 11) is 0. The summed E-state index contributed by atoms with van der Waals surface area (Å²) in [6.07, 6.45) is 2.74. The fourth-order valence-electron chi connectivity index (χ4n) is 2.25. The molecule has 0 fully saturated rings. The molecule has 0 bridgehead atoms. The van der Waals surface area contributed by atoms with Crippen LogP contribution >= 0.6 is 11.3 Å². The van der Waals surface area contributed by atoms with Crippen LogP contribution in [0.25, 0.3) is 0 Å². The molecule has 106 valence electrons. The quantitative estimate of drug-likeness (QED) is 0.882. The predicted molar refractivity (Wildman–Crippen MR) is 82.6 cm³/mol. The van der Waals surface area contributed by atoms with Crippen LogP contribution in [0.15, 0.2) is 41.9 Å². The maximum Gasteiger partial charge on any atom is 0.228 e. The van der Waals surface area contributed by atoms with Gasteiger partial charge in [0.1, 0.15) is 5.01 Å². The average molecular weight is 288 g/mol. The number of carbonyl (C=O) groups is 1. The van der Waals surface area contributed by atoms with E-state index in [1.54, 1.807) is 17.5 Å². The summed E-state index contributed by atoms with van der Waals surface area (Å²) in [5.41, 5.74) is 1.08. The average Bonchev–Trinajstić information content (AvgIpc) is 2.99. The highest BCUT2D eigenvalue weighted by Gasteiger charge is 2.25. The Morgan fingerprint density at radius 2 is 2.10 bits per heavy atom. The molecule has 1 N–H and O–H groups in total. The van der Waals surface area contributed by atoms with Crippen molar-refractivity contribution < 1.29 is 4.79 Å². The standard InChI is InChI=1S/C16H20N2OS/c1-3-12(2)15(13-7-5-4-6-8-13)16(19)18-11-14-17-9-10-20-14/h4-10,12,15H,3,11H2,1-2H3,(H,18,19). The van der Waals surface area contributed by atoms with Crippen LogP contribution in [0.3, 0.4) is 0 Å². The third kappa shape index (κ3) is 3.67.